The van der Waals surface area contributed by atoms with Crippen molar-refractivity contribution in [2.75, 3.05) is 26.4 Å². The third-order valence-electron chi connectivity index (χ3n) is 2.60. The summed E-state index contributed by atoms with van der Waals surface area (Å²) in [6.45, 7) is 15.0. The van der Waals surface area contributed by atoms with Gasteiger partial charge in [-0.2, -0.15) is 0 Å². The van der Waals surface area contributed by atoms with E-state index in [1.807, 2.05) is 20.8 Å². The second-order valence-corrected chi connectivity index (χ2v) is 7.68. The Hall–Kier alpha value is -0.233. The molecule has 0 unspecified atom stereocenters. The summed E-state index contributed by atoms with van der Waals surface area (Å²) in [5, 5.41) is 0. The fraction of sp³-hybridized carbons (Fsp3) is 0.929. The smallest absolute Gasteiger partial charge is 0.374 e. The highest BCUT2D eigenvalue weighted by molar-refractivity contribution is 6.60. The summed E-state index contributed by atoms with van der Waals surface area (Å²) < 4.78 is 17.4. The van der Waals surface area contributed by atoms with Crippen LogP contribution in [0.1, 0.15) is 48.0 Å². The number of aliphatic imine (C=N–C) groups is 1. The van der Waals surface area contributed by atoms with E-state index in [0.29, 0.717) is 25.7 Å². The molecule has 0 rings (SSSR count). The summed E-state index contributed by atoms with van der Waals surface area (Å²) in [6, 6.07) is 0.762. The van der Waals surface area contributed by atoms with Gasteiger partial charge in [-0.05, 0) is 40.0 Å². The van der Waals surface area contributed by atoms with Gasteiger partial charge in [0.05, 0.1) is 0 Å². The molecule has 0 aromatic rings. The van der Waals surface area contributed by atoms with Crippen molar-refractivity contribution in [3.8, 4) is 0 Å². The van der Waals surface area contributed by atoms with Gasteiger partial charge >= 0.3 is 8.80 Å². The van der Waals surface area contributed by atoms with Crippen molar-refractivity contribution in [1.82, 2.24) is 0 Å². The first-order valence-electron chi connectivity index (χ1n) is 7.41. The largest absolute Gasteiger partial charge is 0.502 e. The first-order chi connectivity index (χ1) is 8.99. The molecule has 0 aliphatic carbocycles. The normalized spacial score (nSPS) is 13.3. The lowest BCUT2D eigenvalue weighted by Crippen LogP contribution is -2.46. The second kappa shape index (κ2) is 10.5. The van der Waals surface area contributed by atoms with Gasteiger partial charge in [0.1, 0.15) is 0 Å². The molecule has 0 N–H and O–H groups in total. The van der Waals surface area contributed by atoms with Crippen LogP contribution in [-0.2, 0) is 13.3 Å². The Bertz CT molecular complexity index is 240. The van der Waals surface area contributed by atoms with E-state index in [1.165, 1.54) is 5.71 Å². The fourth-order valence-corrected chi connectivity index (χ4v) is 4.43. The van der Waals surface area contributed by atoms with Gasteiger partial charge < -0.3 is 13.3 Å². The van der Waals surface area contributed by atoms with Crippen LogP contribution in [0.2, 0.25) is 6.04 Å². The minimum atomic E-state index is -2.51. The first kappa shape index (κ1) is 18.8. The van der Waals surface area contributed by atoms with Gasteiger partial charge in [-0.15, -0.1) is 0 Å². The molecule has 0 bridgehead atoms. The number of nitrogens with zero attached hydrogens (tertiary/aromatic N) is 1. The summed E-state index contributed by atoms with van der Waals surface area (Å²) >= 11 is 0. The first-order valence-corrected chi connectivity index (χ1v) is 9.34. The third kappa shape index (κ3) is 8.52. The van der Waals surface area contributed by atoms with Gasteiger partial charge in [0.15, 0.2) is 0 Å². The van der Waals surface area contributed by atoms with Crippen LogP contribution < -0.4 is 0 Å². The van der Waals surface area contributed by atoms with Crippen LogP contribution in [0.5, 0.6) is 0 Å². The van der Waals surface area contributed by atoms with Crippen LogP contribution >= 0.6 is 0 Å². The summed E-state index contributed by atoms with van der Waals surface area (Å²) in [5.41, 5.74) is 1.20. The molecule has 0 fully saturated rings. The molecule has 4 nitrogen and oxygen atoms in total. The minimum Gasteiger partial charge on any atom is -0.374 e. The molecule has 0 aliphatic rings. The maximum absolute atomic E-state index is 5.80. The molecule has 5 heteroatoms. The van der Waals surface area contributed by atoms with Crippen molar-refractivity contribution in [2.45, 2.75) is 54.0 Å². The van der Waals surface area contributed by atoms with E-state index in [-0.39, 0.29) is 0 Å². The Morgan fingerprint density at radius 1 is 1.00 bits per heavy atom. The number of hydrogen-bond acceptors (Lipinski definition) is 4. The zero-order valence-corrected chi connectivity index (χ0v) is 14.5. The molecule has 0 aliphatic heterocycles. The molecule has 114 valence electrons. The zero-order valence-electron chi connectivity index (χ0n) is 13.5. The van der Waals surface area contributed by atoms with Crippen molar-refractivity contribution in [1.29, 1.82) is 0 Å². The Kier molecular flexibility index (Phi) is 10.4. The number of rotatable bonds is 11. The van der Waals surface area contributed by atoms with Crippen molar-refractivity contribution in [3.05, 3.63) is 0 Å². The van der Waals surface area contributed by atoms with Gasteiger partial charge in [0.25, 0.3) is 0 Å². The zero-order chi connectivity index (χ0) is 14.7. The average Bonchev–Trinajstić information content (AvgIpc) is 2.28. The lowest BCUT2D eigenvalue weighted by atomic mass is 10.1. The second-order valence-electron chi connectivity index (χ2n) is 4.95. The summed E-state index contributed by atoms with van der Waals surface area (Å²) in [6.07, 6.45) is 1.05. The maximum Gasteiger partial charge on any atom is 0.502 e. The summed E-state index contributed by atoms with van der Waals surface area (Å²) in [5.74, 6) is 0.649. The molecular formula is C14H31NO3Si. The SMILES string of the molecule is CCO[Si](CC/N=C(/C)CC(C)C)(OCC)OCC. The van der Waals surface area contributed by atoms with Crippen LogP contribution in [-0.4, -0.2) is 40.9 Å². The van der Waals surface area contributed by atoms with Crippen molar-refractivity contribution >= 4 is 14.5 Å². The third-order valence-corrected chi connectivity index (χ3v) is 5.62. The van der Waals surface area contributed by atoms with E-state index in [0.717, 1.165) is 19.0 Å². The van der Waals surface area contributed by atoms with Crippen LogP contribution in [0.4, 0.5) is 0 Å². The molecule has 0 heterocycles. The Morgan fingerprint density at radius 2 is 1.47 bits per heavy atom. The minimum absolute atomic E-state index is 0.626. The quantitative estimate of drug-likeness (QED) is 0.431. The molecule has 0 radical (unpaired) electrons. The predicted octanol–water partition coefficient (Wildman–Crippen LogP) is 3.54. The summed E-state index contributed by atoms with van der Waals surface area (Å²) in [7, 11) is -2.51. The van der Waals surface area contributed by atoms with Crippen LogP contribution in [0.15, 0.2) is 4.99 Å². The average molecular weight is 289 g/mol. The highest BCUT2D eigenvalue weighted by Gasteiger charge is 2.39. The Morgan fingerprint density at radius 3 is 1.84 bits per heavy atom. The topological polar surface area (TPSA) is 40.0 Å². The summed E-state index contributed by atoms with van der Waals surface area (Å²) in [4.78, 5) is 4.61. The van der Waals surface area contributed by atoms with Crippen LogP contribution in [0.3, 0.4) is 0 Å². The molecule has 0 saturated carbocycles. The molecule has 19 heavy (non-hydrogen) atoms. The lowest BCUT2D eigenvalue weighted by molar-refractivity contribution is 0.0720. The van der Waals surface area contributed by atoms with Crippen molar-refractivity contribution in [3.63, 3.8) is 0 Å². The van der Waals surface area contributed by atoms with Crippen molar-refractivity contribution < 1.29 is 13.3 Å². The molecule has 0 spiro atoms. The number of hydrogen-bond donors (Lipinski definition) is 0. The van der Waals surface area contributed by atoms with Gasteiger partial charge in [0, 0.05) is 38.1 Å². The predicted molar refractivity (Wildman–Crippen MR) is 82.9 cm³/mol. The molecule has 0 aromatic heterocycles. The van der Waals surface area contributed by atoms with Gasteiger partial charge in [0.2, 0.25) is 0 Å². The van der Waals surface area contributed by atoms with E-state index in [9.17, 15) is 0 Å². The van der Waals surface area contributed by atoms with Gasteiger partial charge in [-0.3, -0.25) is 4.99 Å². The molecule has 0 saturated heterocycles. The van der Waals surface area contributed by atoms with Gasteiger partial charge in [-0.1, -0.05) is 13.8 Å². The van der Waals surface area contributed by atoms with Crippen LogP contribution in [0, 0.1) is 5.92 Å². The van der Waals surface area contributed by atoms with E-state index < -0.39 is 8.80 Å². The lowest BCUT2D eigenvalue weighted by Gasteiger charge is -2.27. The van der Waals surface area contributed by atoms with Crippen molar-refractivity contribution in [2.24, 2.45) is 10.9 Å². The van der Waals surface area contributed by atoms with Gasteiger partial charge in [-0.25, -0.2) is 0 Å². The van der Waals surface area contributed by atoms with E-state index in [2.05, 4.69) is 25.8 Å². The monoisotopic (exact) mass is 289 g/mol. The molecule has 0 aromatic carbocycles. The standard InChI is InChI=1S/C14H31NO3Si/c1-7-16-19(17-8-2,18-9-3)11-10-15-14(6)12-13(4)5/h13H,7-12H2,1-6H3/b15-14-. The highest BCUT2D eigenvalue weighted by atomic mass is 28.4. The van der Waals surface area contributed by atoms with E-state index in [1.54, 1.807) is 0 Å². The highest BCUT2D eigenvalue weighted by Crippen LogP contribution is 2.16. The molecule has 0 amide bonds. The Balaban J connectivity index is 4.46. The molecule has 0 atom stereocenters. The molecular weight excluding hydrogens is 258 g/mol. The van der Waals surface area contributed by atoms with Crippen LogP contribution in [0.25, 0.3) is 0 Å². The maximum atomic E-state index is 5.80. The van der Waals surface area contributed by atoms with E-state index >= 15 is 0 Å². The Labute approximate surface area is 119 Å². The van der Waals surface area contributed by atoms with E-state index in [4.69, 9.17) is 13.3 Å². The fourth-order valence-electron chi connectivity index (χ4n) is 2.04.